The lowest BCUT2D eigenvalue weighted by Crippen LogP contribution is -2.13. The molecular weight excluding hydrogens is 230 g/mol. The van der Waals surface area contributed by atoms with Gasteiger partial charge in [-0.3, -0.25) is 4.79 Å². The van der Waals surface area contributed by atoms with Gasteiger partial charge in [0.05, 0.1) is 12.7 Å². The second-order valence-corrected chi connectivity index (χ2v) is 4.98. The molecule has 0 bridgehead atoms. The fourth-order valence-electron chi connectivity index (χ4n) is 1.64. The summed E-state index contributed by atoms with van der Waals surface area (Å²) in [6.45, 7) is 4.56. The Labute approximate surface area is 107 Å². The van der Waals surface area contributed by atoms with Gasteiger partial charge in [-0.15, -0.1) is 0 Å². The summed E-state index contributed by atoms with van der Waals surface area (Å²) in [5.41, 5.74) is 5.72. The van der Waals surface area contributed by atoms with Crippen LogP contribution in [-0.2, 0) is 0 Å². The van der Waals surface area contributed by atoms with Crippen LogP contribution in [0.25, 0.3) is 0 Å². The number of amides is 1. The van der Waals surface area contributed by atoms with Crippen molar-refractivity contribution in [3.63, 3.8) is 0 Å². The Kier molecular flexibility index (Phi) is 3.75. The molecule has 0 heterocycles. The van der Waals surface area contributed by atoms with Gasteiger partial charge in [-0.25, -0.2) is 0 Å². The van der Waals surface area contributed by atoms with Crippen LogP contribution in [0.5, 0.6) is 11.5 Å². The first-order valence-corrected chi connectivity index (χ1v) is 6.29. The van der Waals surface area contributed by atoms with Crippen LogP contribution in [0.1, 0.15) is 37.0 Å². The number of nitrogens with two attached hydrogens (primary N) is 1. The highest BCUT2D eigenvalue weighted by Crippen LogP contribution is 2.31. The Morgan fingerprint density at radius 3 is 2.56 bits per heavy atom. The predicted molar refractivity (Wildman–Crippen MR) is 68.9 cm³/mol. The highest BCUT2D eigenvalue weighted by atomic mass is 16.5. The molecule has 0 atom stereocenters. The molecule has 0 aromatic heterocycles. The van der Waals surface area contributed by atoms with E-state index in [0.29, 0.717) is 29.6 Å². The van der Waals surface area contributed by atoms with Gasteiger partial charge in [0.15, 0.2) is 0 Å². The normalized spacial score (nSPS) is 14.6. The summed E-state index contributed by atoms with van der Waals surface area (Å²) in [6, 6.07) is 5.11. The molecule has 18 heavy (non-hydrogen) atoms. The van der Waals surface area contributed by atoms with Crippen LogP contribution >= 0.6 is 0 Å². The fourth-order valence-corrected chi connectivity index (χ4v) is 1.64. The van der Waals surface area contributed by atoms with Crippen molar-refractivity contribution in [2.75, 3.05) is 6.61 Å². The molecule has 98 valence electrons. The number of primary amides is 1. The van der Waals surface area contributed by atoms with Gasteiger partial charge in [0.2, 0.25) is 5.91 Å². The second-order valence-electron chi connectivity index (χ2n) is 4.98. The lowest BCUT2D eigenvalue weighted by molar-refractivity contribution is 0.0999. The molecule has 0 spiro atoms. The molecule has 1 aliphatic carbocycles. The SMILES string of the molecule is CC(C)Oc1cc(OCC2CC2)cc(C(N)=O)c1. The number of hydrogen-bond donors (Lipinski definition) is 1. The Hall–Kier alpha value is -1.71. The van der Waals surface area contributed by atoms with Crippen LogP contribution in [0.2, 0.25) is 0 Å². The van der Waals surface area contributed by atoms with Crippen molar-refractivity contribution >= 4 is 5.91 Å². The molecule has 0 aliphatic heterocycles. The van der Waals surface area contributed by atoms with Gasteiger partial charge in [0.25, 0.3) is 0 Å². The number of carbonyl (C=O) groups is 1. The zero-order chi connectivity index (χ0) is 13.1. The summed E-state index contributed by atoms with van der Waals surface area (Å²) in [4.78, 5) is 11.3. The molecule has 0 unspecified atom stereocenters. The van der Waals surface area contributed by atoms with E-state index in [4.69, 9.17) is 15.2 Å². The van der Waals surface area contributed by atoms with Crippen molar-refractivity contribution in [3.05, 3.63) is 23.8 Å². The van der Waals surface area contributed by atoms with Crippen molar-refractivity contribution in [3.8, 4) is 11.5 Å². The molecule has 1 fully saturated rings. The zero-order valence-electron chi connectivity index (χ0n) is 10.8. The average Bonchev–Trinajstić information content (AvgIpc) is 3.08. The third-order valence-corrected chi connectivity index (χ3v) is 2.72. The molecule has 1 aromatic carbocycles. The number of benzene rings is 1. The summed E-state index contributed by atoms with van der Waals surface area (Å²) >= 11 is 0. The lowest BCUT2D eigenvalue weighted by atomic mass is 10.2. The van der Waals surface area contributed by atoms with Gasteiger partial charge in [0.1, 0.15) is 11.5 Å². The van der Waals surface area contributed by atoms with Gasteiger partial charge in [-0.05, 0) is 44.7 Å². The topological polar surface area (TPSA) is 61.6 Å². The zero-order valence-corrected chi connectivity index (χ0v) is 10.8. The summed E-state index contributed by atoms with van der Waals surface area (Å²) in [5.74, 6) is 1.46. The maximum absolute atomic E-state index is 11.3. The average molecular weight is 249 g/mol. The van der Waals surface area contributed by atoms with Crippen LogP contribution in [0.3, 0.4) is 0 Å². The molecule has 4 heteroatoms. The van der Waals surface area contributed by atoms with E-state index in [9.17, 15) is 4.79 Å². The van der Waals surface area contributed by atoms with Gasteiger partial charge in [0, 0.05) is 11.6 Å². The summed E-state index contributed by atoms with van der Waals surface area (Å²) < 4.78 is 11.2. The molecule has 2 N–H and O–H groups in total. The first-order valence-electron chi connectivity index (χ1n) is 6.29. The predicted octanol–water partition coefficient (Wildman–Crippen LogP) is 2.36. The Morgan fingerprint density at radius 1 is 1.33 bits per heavy atom. The molecule has 1 amide bonds. The van der Waals surface area contributed by atoms with Crippen LogP contribution in [0.4, 0.5) is 0 Å². The fraction of sp³-hybridized carbons (Fsp3) is 0.500. The van der Waals surface area contributed by atoms with E-state index in [-0.39, 0.29) is 6.10 Å². The first kappa shape index (κ1) is 12.7. The van der Waals surface area contributed by atoms with E-state index >= 15 is 0 Å². The van der Waals surface area contributed by atoms with Gasteiger partial charge >= 0.3 is 0 Å². The third-order valence-electron chi connectivity index (χ3n) is 2.72. The minimum atomic E-state index is -0.472. The van der Waals surface area contributed by atoms with Gasteiger partial charge in [-0.1, -0.05) is 0 Å². The number of rotatable bonds is 6. The smallest absolute Gasteiger partial charge is 0.248 e. The number of ether oxygens (including phenoxy) is 2. The molecule has 0 saturated heterocycles. The summed E-state index contributed by atoms with van der Waals surface area (Å²) in [5, 5.41) is 0. The highest BCUT2D eigenvalue weighted by Gasteiger charge is 2.22. The minimum absolute atomic E-state index is 0.0457. The van der Waals surface area contributed by atoms with Crippen LogP contribution < -0.4 is 15.2 Å². The van der Waals surface area contributed by atoms with Crippen LogP contribution in [0, 0.1) is 5.92 Å². The van der Waals surface area contributed by atoms with E-state index in [1.54, 1.807) is 18.2 Å². The van der Waals surface area contributed by atoms with Gasteiger partial charge in [-0.2, -0.15) is 0 Å². The summed E-state index contributed by atoms with van der Waals surface area (Å²) in [7, 11) is 0. The number of carbonyl (C=O) groups excluding carboxylic acids is 1. The highest BCUT2D eigenvalue weighted by molar-refractivity contribution is 5.93. The third kappa shape index (κ3) is 3.65. The molecule has 1 aromatic rings. The van der Waals surface area contributed by atoms with Crippen molar-refractivity contribution < 1.29 is 14.3 Å². The van der Waals surface area contributed by atoms with E-state index in [1.165, 1.54) is 12.8 Å². The molecular formula is C14H19NO3. The van der Waals surface area contributed by atoms with Crippen molar-refractivity contribution in [1.29, 1.82) is 0 Å². The van der Waals surface area contributed by atoms with E-state index in [1.807, 2.05) is 13.8 Å². The Bertz CT molecular complexity index is 439. The molecule has 2 rings (SSSR count). The van der Waals surface area contributed by atoms with Crippen LogP contribution in [0.15, 0.2) is 18.2 Å². The van der Waals surface area contributed by atoms with Crippen molar-refractivity contribution in [2.45, 2.75) is 32.8 Å². The lowest BCUT2D eigenvalue weighted by Gasteiger charge is -2.13. The van der Waals surface area contributed by atoms with Crippen molar-refractivity contribution in [1.82, 2.24) is 0 Å². The minimum Gasteiger partial charge on any atom is -0.493 e. The monoisotopic (exact) mass is 249 g/mol. The van der Waals surface area contributed by atoms with E-state index < -0.39 is 5.91 Å². The van der Waals surface area contributed by atoms with E-state index in [0.717, 1.165) is 0 Å². The summed E-state index contributed by atoms with van der Waals surface area (Å²) in [6.07, 6.45) is 2.50. The Balaban J connectivity index is 2.14. The van der Waals surface area contributed by atoms with Crippen molar-refractivity contribution in [2.24, 2.45) is 11.7 Å². The molecule has 1 aliphatic rings. The maximum atomic E-state index is 11.3. The molecule has 1 saturated carbocycles. The molecule has 0 radical (unpaired) electrons. The molecule has 4 nitrogen and oxygen atoms in total. The second kappa shape index (κ2) is 5.29. The van der Waals surface area contributed by atoms with Crippen LogP contribution in [-0.4, -0.2) is 18.6 Å². The largest absolute Gasteiger partial charge is 0.493 e. The van der Waals surface area contributed by atoms with Gasteiger partial charge < -0.3 is 15.2 Å². The maximum Gasteiger partial charge on any atom is 0.248 e. The van der Waals surface area contributed by atoms with E-state index in [2.05, 4.69) is 0 Å². The first-order chi connectivity index (χ1) is 8.54. The quantitative estimate of drug-likeness (QED) is 0.841. The standard InChI is InChI=1S/C14H19NO3/c1-9(2)18-13-6-11(14(15)16)5-12(7-13)17-8-10-3-4-10/h5-7,9-10H,3-4,8H2,1-2H3,(H2,15,16). The Morgan fingerprint density at radius 2 is 2.00 bits per heavy atom. The number of hydrogen-bond acceptors (Lipinski definition) is 3.